The molecule has 1 N–H and O–H groups in total. The number of amides is 3. The Bertz CT molecular complexity index is 868. The molecule has 6 heteroatoms. The average molecular weight is 378 g/mol. The van der Waals surface area contributed by atoms with Crippen LogP contribution in [0.3, 0.4) is 0 Å². The zero-order valence-electron chi connectivity index (χ0n) is 16.4. The van der Waals surface area contributed by atoms with Gasteiger partial charge in [-0.1, -0.05) is 35.9 Å². The van der Waals surface area contributed by atoms with Crippen LogP contribution in [0.15, 0.2) is 54.6 Å². The van der Waals surface area contributed by atoms with Crippen molar-refractivity contribution in [3.05, 3.63) is 60.2 Å². The molecule has 2 aromatic carbocycles. The topological polar surface area (TPSA) is 55.9 Å². The maximum Gasteiger partial charge on any atom is 0.321 e. The van der Waals surface area contributed by atoms with Crippen LogP contribution in [0.5, 0.6) is 0 Å². The van der Waals surface area contributed by atoms with E-state index in [2.05, 4.69) is 10.2 Å². The molecule has 2 saturated heterocycles. The molecule has 2 heterocycles. The number of carbonyl (C=O) groups is 2. The van der Waals surface area contributed by atoms with Gasteiger partial charge >= 0.3 is 6.03 Å². The molecular weight excluding hydrogens is 352 g/mol. The summed E-state index contributed by atoms with van der Waals surface area (Å²) in [5.41, 5.74) is 2.67. The first-order valence-electron chi connectivity index (χ1n) is 9.66. The number of likely N-dealkylation sites (N-methyl/N-ethyl adjacent to an activating group) is 1. The van der Waals surface area contributed by atoms with Crippen LogP contribution in [0.4, 0.5) is 16.2 Å². The third-order valence-corrected chi connectivity index (χ3v) is 5.93. The van der Waals surface area contributed by atoms with E-state index in [-0.39, 0.29) is 17.5 Å². The van der Waals surface area contributed by atoms with Gasteiger partial charge in [-0.2, -0.15) is 0 Å². The van der Waals surface area contributed by atoms with Crippen molar-refractivity contribution in [3.8, 4) is 0 Å². The van der Waals surface area contributed by atoms with E-state index in [4.69, 9.17) is 0 Å². The number of nitrogens with zero attached hydrogens (tertiary/aromatic N) is 3. The monoisotopic (exact) mass is 378 g/mol. The summed E-state index contributed by atoms with van der Waals surface area (Å²) in [6, 6.07) is 17.5. The van der Waals surface area contributed by atoms with Crippen LogP contribution in [-0.2, 0) is 4.79 Å². The lowest BCUT2D eigenvalue weighted by Gasteiger charge is -2.46. The van der Waals surface area contributed by atoms with Gasteiger partial charge in [0.25, 0.3) is 0 Å². The summed E-state index contributed by atoms with van der Waals surface area (Å²) in [6.07, 6.45) is 0.849. The quantitative estimate of drug-likeness (QED) is 0.874. The second-order valence-corrected chi connectivity index (χ2v) is 7.86. The largest absolute Gasteiger partial charge is 0.323 e. The van der Waals surface area contributed by atoms with Crippen molar-refractivity contribution < 1.29 is 9.59 Å². The van der Waals surface area contributed by atoms with Gasteiger partial charge in [0, 0.05) is 31.0 Å². The van der Waals surface area contributed by atoms with Crippen LogP contribution in [0.25, 0.3) is 0 Å². The lowest BCUT2D eigenvalue weighted by Crippen LogP contribution is -2.64. The predicted molar refractivity (Wildman–Crippen MR) is 111 cm³/mol. The minimum absolute atomic E-state index is 0.0858. The van der Waals surface area contributed by atoms with Crippen LogP contribution in [0.1, 0.15) is 12.0 Å². The van der Waals surface area contributed by atoms with E-state index in [0.717, 1.165) is 23.4 Å². The number of benzene rings is 2. The van der Waals surface area contributed by atoms with Gasteiger partial charge in [-0.3, -0.25) is 9.69 Å². The maximum atomic E-state index is 12.8. The zero-order chi connectivity index (χ0) is 19.7. The smallest absolute Gasteiger partial charge is 0.321 e. The Morgan fingerprint density at radius 1 is 1.04 bits per heavy atom. The fourth-order valence-electron chi connectivity index (χ4n) is 4.11. The van der Waals surface area contributed by atoms with Gasteiger partial charge in [0.1, 0.15) is 0 Å². The fraction of sp³-hybridized carbons (Fsp3) is 0.364. The van der Waals surface area contributed by atoms with E-state index in [1.54, 1.807) is 0 Å². The molecule has 1 atom stereocenters. The molecule has 2 aliphatic rings. The highest BCUT2D eigenvalue weighted by atomic mass is 16.2. The van der Waals surface area contributed by atoms with Gasteiger partial charge in [-0.15, -0.1) is 0 Å². The molecule has 2 aromatic rings. The number of piperazine rings is 1. The van der Waals surface area contributed by atoms with Crippen molar-refractivity contribution in [3.63, 3.8) is 0 Å². The number of anilines is 2. The number of rotatable bonds is 2. The second-order valence-electron chi connectivity index (χ2n) is 7.86. The third-order valence-electron chi connectivity index (χ3n) is 5.93. The molecular formula is C22H26N4O2. The van der Waals surface area contributed by atoms with E-state index in [1.807, 2.05) is 78.4 Å². The van der Waals surface area contributed by atoms with Gasteiger partial charge in [-0.25, -0.2) is 4.79 Å². The molecule has 0 saturated carbocycles. The Hall–Kier alpha value is -2.86. The Labute approximate surface area is 165 Å². The number of nitrogens with one attached hydrogen (secondary N) is 1. The van der Waals surface area contributed by atoms with Crippen LogP contribution in [0.2, 0.25) is 0 Å². The molecule has 28 heavy (non-hydrogen) atoms. The molecule has 6 nitrogen and oxygen atoms in total. The van der Waals surface area contributed by atoms with E-state index in [0.29, 0.717) is 26.2 Å². The number of para-hydroxylation sites is 1. The number of hydrogen-bond donors (Lipinski definition) is 1. The molecule has 0 aliphatic carbocycles. The molecule has 146 valence electrons. The minimum atomic E-state index is -0.214. The molecule has 2 fully saturated rings. The standard InChI is InChI=1S/C22H26N4O2/c1-17-8-10-18(11-9-17)23-21(28)25-13-12-22(15-25)16-26(20(27)14-24(22)2)19-6-4-3-5-7-19/h3-11H,12-16H2,1-2H3,(H,23,28)/t22-/m0/s1. The van der Waals surface area contributed by atoms with E-state index in [1.165, 1.54) is 0 Å². The molecule has 2 aliphatic heterocycles. The summed E-state index contributed by atoms with van der Waals surface area (Å²) in [4.78, 5) is 31.2. The zero-order valence-corrected chi connectivity index (χ0v) is 16.4. The number of urea groups is 1. The molecule has 0 radical (unpaired) electrons. The summed E-state index contributed by atoms with van der Waals surface area (Å²) >= 11 is 0. The van der Waals surface area contributed by atoms with E-state index < -0.39 is 0 Å². The van der Waals surface area contributed by atoms with Crippen molar-refractivity contribution >= 4 is 23.3 Å². The number of likely N-dealkylation sites (tertiary alicyclic amines) is 1. The molecule has 4 rings (SSSR count). The predicted octanol–water partition coefficient (Wildman–Crippen LogP) is 2.95. The molecule has 1 spiro atoms. The fourth-order valence-corrected chi connectivity index (χ4v) is 4.11. The highest BCUT2D eigenvalue weighted by Gasteiger charge is 2.48. The number of hydrogen-bond acceptors (Lipinski definition) is 3. The van der Waals surface area contributed by atoms with Crippen LogP contribution in [0, 0.1) is 6.92 Å². The van der Waals surface area contributed by atoms with Gasteiger partial charge in [-0.05, 0) is 44.7 Å². The summed E-state index contributed by atoms with van der Waals surface area (Å²) < 4.78 is 0. The summed E-state index contributed by atoms with van der Waals surface area (Å²) in [5.74, 6) is 0.0990. The highest BCUT2D eigenvalue weighted by molar-refractivity contribution is 5.96. The van der Waals surface area contributed by atoms with Crippen molar-refractivity contribution in [2.24, 2.45) is 0 Å². The summed E-state index contributed by atoms with van der Waals surface area (Å²) in [7, 11) is 1.99. The SMILES string of the molecule is Cc1ccc(NC(=O)N2CC[C@]3(C2)CN(c2ccccc2)C(=O)CN3C)cc1. The van der Waals surface area contributed by atoms with Gasteiger partial charge in [0.05, 0.1) is 12.1 Å². The second kappa shape index (κ2) is 7.28. The molecule has 0 unspecified atom stereocenters. The summed E-state index contributed by atoms with van der Waals surface area (Å²) in [6.45, 7) is 4.27. The Morgan fingerprint density at radius 3 is 2.46 bits per heavy atom. The summed E-state index contributed by atoms with van der Waals surface area (Å²) in [5, 5.41) is 2.99. The molecule has 0 bridgehead atoms. The van der Waals surface area contributed by atoms with Crippen LogP contribution in [-0.4, -0.2) is 60.5 Å². The van der Waals surface area contributed by atoms with E-state index >= 15 is 0 Å². The first-order valence-corrected chi connectivity index (χ1v) is 9.66. The lowest BCUT2D eigenvalue weighted by atomic mass is 9.92. The van der Waals surface area contributed by atoms with Crippen LogP contribution >= 0.6 is 0 Å². The maximum absolute atomic E-state index is 12.8. The van der Waals surface area contributed by atoms with Crippen molar-refractivity contribution in [1.82, 2.24) is 9.80 Å². The van der Waals surface area contributed by atoms with Crippen molar-refractivity contribution in [2.45, 2.75) is 18.9 Å². The van der Waals surface area contributed by atoms with Gasteiger partial charge < -0.3 is 15.1 Å². The molecule has 3 amide bonds. The number of carbonyl (C=O) groups excluding carboxylic acids is 2. The average Bonchev–Trinajstić information content (AvgIpc) is 3.13. The Balaban J connectivity index is 1.48. The Morgan fingerprint density at radius 2 is 1.75 bits per heavy atom. The molecule has 0 aromatic heterocycles. The third kappa shape index (κ3) is 3.47. The Kier molecular flexibility index (Phi) is 4.81. The van der Waals surface area contributed by atoms with Gasteiger partial charge in [0.2, 0.25) is 5.91 Å². The van der Waals surface area contributed by atoms with Gasteiger partial charge in [0.15, 0.2) is 0 Å². The normalized spacial score (nSPS) is 22.7. The first kappa shape index (κ1) is 18.5. The lowest BCUT2D eigenvalue weighted by molar-refractivity contribution is -0.123. The van der Waals surface area contributed by atoms with Crippen LogP contribution < -0.4 is 10.2 Å². The van der Waals surface area contributed by atoms with Crippen molar-refractivity contribution in [1.29, 1.82) is 0 Å². The minimum Gasteiger partial charge on any atom is -0.323 e. The number of aryl methyl sites for hydroxylation is 1. The first-order chi connectivity index (χ1) is 13.5. The van der Waals surface area contributed by atoms with Crippen molar-refractivity contribution in [2.75, 3.05) is 43.4 Å². The van der Waals surface area contributed by atoms with E-state index in [9.17, 15) is 9.59 Å². The highest BCUT2D eigenvalue weighted by Crippen LogP contribution is 2.33.